The third-order valence-electron chi connectivity index (χ3n) is 3.67. The number of carbonyl (C=O) groups excluding carboxylic acids is 1. The van der Waals surface area contributed by atoms with Crippen LogP contribution in [0.4, 0.5) is 8.78 Å². The number of halogens is 2. The number of alkyl halides is 2. The minimum absolute atomic E-state index is 0.107. The molecule has 22 heavy (non-hydrogen) atoms. The SMILES string of the molecule is CCC(NC(=O)CNCC1CC1)c1ccccc1OC(F)F. The average molecular weight is 312 g/mol. The maximum absolute atomic E-state index is 12.5. The Hall–Kier alpha value is -1.69. The minimum atomic E-state index is -2.88. The third-order valence-corrected chi connectivity index (χ3v) is 3.67. The van der Waals surface area contributed by atoms with E-state index in [2.05, 4.69) is 15.4 Å². The Morgan fingerprint density at radius 3 is 2.73 bits per heavy atom. The van der Waals surface area contributed by atoms with Gasteiger partial charge >= 0.3 is 6.61 Å². The summed E-state index contributed by atoms with van der Waals surface area (Å²) in [6, 6.07) is 6.22. The van der Waals surface area contributed by atoms with Gasteiger partial charge in [0.05, 0.1) is 12.6 Å². The van der Waals surface area contributed by atoms with E-state index in [4.69, 9.17) is 0 Å². The van der Waals surface area contributed by atoms with Gasteiger partial charge in [-0.2, -0.15) is 8.78 Å². The van der Waals surface area contributed by atoms with Crippen molar-refractivity contribution in [1.29, 1.82) is 0 Å². The molecule has 0 aliphatic heterocycles. The van der Waals surface area contributed by atoms with Gasteiger partial charge in [-0.05, 0) is 37.8 Å². The second-order valence-corrected chi connectivity index (χ2v) is 5.52. The van der Waals surface area contributed by atoms with Gasteiger partial charge in [0.1, 0.15) is 5.75 Å². The van der Waals surface area contributed by atoms with Gasteiger partial charge in [-0.25, -0.2) is 0 Å². The Morgan fingerprint density at radius 1 is 1.36 bits per heavy atom. The van der Waals surface area contributed by atoms with Crippen molar-refractivity contribution in [2.45, 2.75) is 38.8 Å². The van der Waals surface area contributed by atoms with Gasteiger partial charge in [-0.3, -0.25) is 4.79 Å². The summed E-state index contributed by atoms with van der Waals surface area (Å²) < 4.78 is 29.4. The van der Waals surface area contributed by atoms with Crippen LogP contribution < -0.4 is 15.4 Å². The van der Waals surface area contributed by atoms with Crippen molar-refractivity contribution in [1.82, 2.24) is 10.6 Å². The van der Waals surface area contributed by atoms with Crippen LogP contribution in [0.15, 0.2) is 24.3 Å². The van der Waals surface area contributed by atoms with Gasteiger partial charge in [-0.1, -0.05) is 25.1 Å². The molecule has 4 nitrogen and oxygen atoms in total. The summed E-state index contributed by atoms with van der Waals surface area (Å²) in [5, 5.41) is 5.98. The molecular formula is C16H22F2N2O2. The van der Waals surface area contributed by atoms with Crippen LogP contribution in [0, 0.1) is 5.92 Å². The highest BCUT2D eigenvalue weighted by molar-refractivity contribution is 5.78. The number of rotatable bonds is 9. The van der Waals surface area contributed by atoms with Crippen LogP contribution in [0.1, 0.15) is 37.8 Å². The first-order valence-electron chi connectivity index (χ1n) is 7.64. The first kappa shape index (κ1) is 16.7. The fraction of sp³-hybridized carbons (Fsp3) is 0.562. The molecule has 1 atom stereocenters. The Balaban J connectivity index is 1.93. The number of para-hydroxylation sites is 1. The first-order chi connectivity index (χ1) is 10.6. The third kappa shape index (κ3) is 5.26. The van der Waals surface area contributed by atoms with Gasteiger partial charge < -0.3 is 15.4 Å². The normalized spacial score (nSPS) is 15.6. The molecule has 1 aromatic carbocycles. The molecule has 1 aliphatic carbocycles. The van der Waals surface area contributed by atoms with E-state index >= 15 is 0 Å². The number of ether oxygens (including phenoxy) is 1. The van der Waals surface area contributed by atoms with Crippen LogP contribution in [0.2, 0.25) is 0 Å². The fourth-order valence-corrected chi connectivity index (χ4v) is 2.33. The lowest BCUT2D eigenvalue weighted by molar-refractivity contribution is -0.121. The van der Waals surface area contributed by atoms with E-state index < -0.39 is 6.61 Å². The van der Waals surface area contributed by atoms with E-state index in [0.29, 0.717) is 17.9 Å². The average Bonchev–Trinajstić information content (AvgIpc) is 3.29. The Morgan fingerprint density at radius 2 is 2.09 bits per heavy atom. The lowest BCUT2D eigenvalue weighted by atomic mass is 10.0. The molecule has 1 saturated carbocycles. The quantitative estimate of drug-likeness (QED) is 0.737. The molecule has 2 rings (SSSR count). The standard InChI is InChI=1S/C16H22F2N2O2/c1-2-13(20-15(21)10-19-9-11-7-8-11)12-5-3-4-6-14(12)22-16(17)18/h3-6,11,13,16,19H,2,7-10H2,1H3,(H,20,21). The van der Waals surface area contributed by atoms with E-state index in [-0.39, 0.29) is 24.2 Å². The highest BCUT2D eigenvalue weighted by atomic mass is 19.3. The number of hydrogen-bond acceptors (Lipinski definition) is 3. The monoisotopic (exact) mass is 312 g/mol. The molecule has 0 bridgehead atoms. The van der Waals surface area contributed by atoms with Crippen LogP contribution in [-0.2, 0) is 4.79 Å². The summed E-state index contributed by atoms with van der Waals surface area (Å²) in [5.41, 5.74) is 0.570. The number of hydrogen-bond donors (Lipinski definition) is 2. The zero-order valence-electron chi connectivity index (χ0n) is 12.6. The molecule has 2 N–H and O–H groups in total. The summed E-state index contributed by atoms with van der Waals surface area (Å²) in [6.45, 7) is 0.108. The van der Waals surface area contributed by atoms with Crippen molar-refractivity contribution in [2.24, 2.45) is 5.92 Å². The molecule has 0 saturated heterocycles. The Bertz CT molecular complexity index is 493. The highest BCUT2D eigenvalue weighted by Crippen LogP contribution is 2.28. The zero-order chi connectivity index (χ0) is 15.9. The van der Waals surface area contributed by atoms with E-state index in [1.165, 1.54) is 18.9 Å². The molecule has 0 radical (unpaired) electrons. The van der Waals surface area contributed by atoms with Crippen molar-refractivity contribution in [3.63, 3.8) is 0 Å². The topological polar surface area (TPSA) is 50.4 Å². The molecule has 1 amide bonds. The maximum Gasteiger partial charge on any atom is 0.387 e. The van der Waals surface area contributed by atoms with Gasteiger partial charge in [0.15, 0.2) is 0 Å². The number of benzene rings is 1. The van der Waals surface area contributed by atoms with Crippen LogP contribution in [0.3, 0.4) is 0 Å². The van der Waals surface area contributed by atoms with E-state index in [1.807, 2.05) is 6.92 Å². The van der Waals surface area contributed by atoms with Crippen LogP contribution in [-0.4, -0.2) is 25.6 Å². The second kappa shape index (κ2) is 8.08. The molecule has 0 aromatic heterocycles. The van der Waals surface area contributed by atoms with Gasteiger partial charge in [0.25, 0.3) is 0 Å². The molecule has 0 heterocycles. The predicted octanol–water partition coefficient (Wildman–Crippen LogP) is 2.85. The summed E-state index contributed by atoms with van der Waals surface area (Å²) in [4.78, 5) is 12.0. The van der Waals surface area contributed by atoms with Crippen molar-refractivity contribution in [3.05, 3.63) is 29.8 Å². The molecule has 122 valence electrons. The number of carbonyl (C=O) groups is 1. The second-order valence-electron chi connectivity index (χ2n) is 5.52. The van der Waals surface area contributed by atoms with Crippen molar-refractivity contribution in [3.8, 4) is 5.75 Å². The maximum atomic E-state index is 12.5. The smallest absolute Gasteiger partial charge is 0.387 e. The molecule has 6 heteroatoms. The largest absolute Gasteiger partial charge is 0.434 e. The zero-order valence-corrected chi connectivity index (χ0v) is 12.6. The van der Waals surface area contributed by atoms with E-state index in [9.17, 15) is 13.6 Å². The summed E-state index contributed by atoms with van der Waals surface area (Å²) in [6.07, 6.45) is 3.05. The van der Waals surface area contributed by atoms with Crippen LogP contribution in [0.5, 0.6) is 5.75 Å². The lowest BCUT2D eigenvalue weighted by Gasteiger charge is -2.20. The molecule has 0 spiro atoms. The van der Waals surface area contributed by atoms with Crippen molar-refractivity contribution in [2.75, 3.05) is 13.1 Å². The van der Waals surface area contributed by atoms with Crippen molar-refractivity contribution < 1.29 is 18.3 Å². The summed E-state index contributed by atoms with van der Waals surface area (Å²) >= 11 is 0. The molecular weight excluding hydrogens is 290 g/mol. The lowest BCUT2D eigenvalue weighted by Crippen LogP contribution is -2.37. The number of nitrogens with one attached hydrogen (secondary N) is 2. The first-order valence-corrected chi connectivity index (χ1v) is 7.64. The molecule has 1 unspecified atom stereocenters. The van der Waals surface area contributed by atoms with E-state index in [0.717, 1.165) is 6.54 Å². The van der Waals surface area contributed by atoms with Crippen LogP contribution >= 0.6 is 0 Å². The fourth-order valence-electron chi connectivity index (χ4n) is 2.33. The molecule has 1 aliphatic rings. The van der Waals surface area contributed by atoms with Gasteiger partial charge in [0, 0.05) is 5.56 Å². The minimum Gasteiger partial charge on any atom is -0.434 e. The molecule has 1 fully saturated rings. The van der Waals surface area contributed by atoms with E-state index in [1.54, 1.807) is 18.2 Å². The van der Waals surface area contributed by atoms with Crippen LogP contribution in [0.25, 0.3) is 0 Å². The predicted molar refractivity (Wildman–Crippen MR) is 79.8 cm³/mol. The number of amides is 1. The summed E-state index contributed by atoms with van der Waals surface area (Å²) in [5.74, 6) is 0.671. The Labute approximate surface area is 129 Å². The van der Waals surface area contributed by atoms with Crippen molar-refractivity contribution >= 4 is 5.91 Å². The Kier molecular flexibility index (Phi) is 6.12. The van der Waals surface area contributed by atoms with Gasteiger partial charge in [0.2, 0.25) is 5.91 Å². The summed E-state index contributed by atoms with van der Waals surface area (Å²) in [7, 11) is 0. The highest BCUT2D eigenvalue weighted by Gasteiger charge is 2.21. The van der Waals surface area contributed by atoms with Gasteiger partial charge in [-0.15, -0.1) is 0 Å². The molecule has 1 aromatic rings.